The van der Waals surface area contributed by atoms with Crippen molar-refractivity contribution in [2.75, 3.05) is 34.4 Å². The quantitative estimate of drug-likeness (QED) is 0.650. The second kappa shape index (κ2) is 8.69. The fraction of sp³-hybridized carbons (Fsp3) is 0.556. The van der Waals surface area contributed by atoms with Crippen LogP contribution in [0, 0.1) is 6.92 Å². The maximum Gasteiger partial charge on any atom is 0.331 e. The van der Waals surface area contributed by atoms with Gasteiger partial charge in [0.2, 0.25) is 5.91 Å². The lowest BCUT2D eigenvalue weighted by Crippen LogP contribution is -2.61. The number of amides is 1. The molecule has 1 aliphatic rings. The number of likely N-dealkylation sites (N-methyl/N-ethyl adjacent to an activating group) is 1. The highest BCUT2D eigenvalue weighted by Crippen LogP contribution is 2.32. The summed E-state index contributed by atoms with van der Waals surface area (Å²) in [7, 11) is 4.60. The number of halogens is 2. The predicted molar refractivity (Wildman–Crippen MR) is 103 cm³/mol. The molecule has 0 bridgehead atoms. The second-order valence-electron chi connectivity index (χ2n) is 6.45. The van der Waals surface area contributed by atoms with Crippen LogP contribution in [0.25, 0.3) is 0 Å². The minimum Gasteiger partial charge on any atom is -0.467 e. The molecule has 1 aromatic rings. The molecule has 0 aliphatic carbocycles. The monoisotopic (exact) mass is 446 g/mol. The Morgan fingerprint density at radius 3 is 2.42 bits per heavy atom. The summed E-state index contributed by atoms with van der Waals surface area (Å²) in [6, 6.07) is 3.69. The first-order valence-corrected chi connectivity index (χ1v) is 9.51. The van der Waals surface area contributed by atoms with Crippen LogP contribution < -0.4 is 0 Å². The van der Waals surface area contributed by atoms with Gasteiger partial charge in [0.25, 0.3) is 0 Å². The van der Waals surface area contributed by atoms with Crippen LogP contribution >= 0.6 is 27.5 Å². The molecular formula is C18H24BrClN2O4. The predicted octanol–water partition coefficient (Wildman–Crippen LogP) is 2.98. The number of benzene rings is 1. The third kappa shape index (κ3) is 4.22. The molecule has 1 amide bonds. The highest BCUT2D eigenvalue weighted by Gasteiger charge is 2.48. The highest BCUT2D eigenvalue weighted by molar-refractivity contribution is 9.10. The average Bonchev–Trinajstić information content (AvgIpc) is 2.63. The molecule has 26 heavy (non-hydrogen) atoms. The average molecular weight is 448 g/mol. The number of carbonyl (C=O) groups is 2. The van der Waals surface area contributed by atoms with Gasteiger partial charge in [0, 0.05) is 29.6 Å². The van der Waals surface area contributed by atoms with E-state index in [0.717, 1.165) is 15.6 Å². The van der Waals surface area contributed by atoms with Gasteiger partial charge in [-0.05, 0) is 43.0 Å². The SMILES string of the molecule is COC(=O)C1(N(C)C(=O)Cc2c(C)cc(Br)cc2Cl)CCN(OC)CC1. The molecule has 0 N–H and O–H groups in total. The largest absolute Gasteiger partial charge is 0.467 e. The van der Waals surface area contributed by atoms with Crippen LogP contribution in [0.15, 0.2) is 16.6 Å². The summed E-state index contributed by atoms with van der Waals surface area (Å²) < 4.78 is 5.89. The Hall–Kier alpha value is -1.15. The van der Waals surface area contributed by atoms with Gasteiger partial charge in [-0.1, -0.05) is 27.5 Å². The summed E-state index contributed by atoms with van der Waals surface area (Å²) >= 11 is 9.71. The number of ether oxygens (including phenoxy) is 1. The minimum absolute atomic E-state index is 0.126. The summed E-state index contributed by atoms with van der Waals surface area (Å²) in [4.78, 5) is 32.3. The number of hydroxylamine groups is 2. The molecule has 8 heteroatoms. The fourth-order valence-corrected chi connectivity index (χ4v) is 4.41. The molecule has 0 atom stereocenters. The molecule has 0 spiro atoms. The number of piperidine rings is 1. The first-order chi connectivity index (χ1) is 12.2. The number of rotatable bonds is 5. The summed E-state index contributed by atoms with van der Waals surface area (Å²) in [6.45, 7) is 3.00. The van der Waals surface area contributed by atoms with Gasteiger partial charge in [0.15, 0.2) is 0 Å². The van der Waals surface area contributed by atoms with E-state index in [1.165, 1.54) is 12.0 Å². The van der Waals surface area contributed by atoms with Crippen molar-refractivity contribution in [2.24, 2.45) is 0 Å². The van der Waals surface area contributed by atoms with E-state index >= 15 is 0 Å². The summed E-state index contributed by atoms with van der Waals surface area (Å²) in [5, 5.41) is 2.30. The van der Waals surface area contributed by atoms with Gasteiger partial charge in [0.1, 0.15) is 5.54 Å². The Morgan fingerprint density at radius 1 is 1.31 bits per heavy atom. The summed E-state index contributed by atoms with van der Waals surface area (Å²) in [5.41, 5.74) is 0.699. The van der Waals surface area contributed by atoms with Gasteiger partial charge >= 0.3 is 5.97 Å². The third-order valence-electron chi connectivity index (χ3n) is 5.10. The molecule has 0 radical (unpaired) electrons. The molecule has 0 aromatic heterocycles. The lowest BCUT2D eigenvalue weighted by atomic mass is 9.86. The Bertz CT molecular complexity index is 667. The van der Waals surface area contributed by atoms with E-state index in [4.69, 9.17) is 21.2 Å². The molecule has 1 aromatic carbocycles. The minimum atomic E-state index is -0.989. The van der Waals surface area contributed by atoms with Crippen molar-refractivity contribution in [1.82, 2.24) is 9.96 Å². The van der Waals surface area contributed by atoms with E-state index < -0.39 is 11.5 Å². The molecule has 1 saturated heterocycles. The summed E-state index contributed by atoms with van der Waals surface area (Å²) in [5.74, 6) is -0.573. The third-order valence-corrected chi connectivity index (χ3v) is 5.90. The van der Waals surface area contributed by atoms with E-state index in [1.54, 1.807) is 25.3 Å². The molecule has 1 fully saturated rings. The second-order valence-corrected chi connectivity index (χ2v) is 7.77. The van der Waals surface area contributed by atoms with Crippen molar-refractivity contribution in [3.05, 3.63) is 32.8 Å². The first kappa shape index (κ1) is 21.2. The standard InChI is InChI=1S/C18H24BrClN2O4/c1-12-9-13(19)10-15(20)14(12)11-16(23)21(2)18(17(24)25-3)5-7-22(26-4)8-6-18/h9-10H,5-8,11H2,1-4H3. The molecule has 1 aliphatic heterocycles. The molecule has 0 saturated carbocycles. The smallest absolute Gasteiger partial charge is 0.331 e. The van der Waals surface area contributed by atoms with Crippen LogP contribution in [0.1, 0.15) is 24.0 Å². The van der Waals surface area contributed by atoms with Crippen molar-refractivity contribution >= 4 is 39.4 Å². The van der Waals surface area contributed by atoms with Gasteiger partial charge in [-0.3, -0.25) is 4.79 Å². The molecule has 6 nitrogen and oxygen atoms in total. The van der Waals surface area contributed by atoms with Crippen molar-refractivity contribution in [3.63, 3.8) is 0 Å². The van der Waals surface area contributed by atoms with Crippen LogP contribution in [0.2, 0.25) is 5.02 Å². The number of esters is 1. The maximum absolute atomic E-state index is 13.0. The molecule has 0 unspecified atom stereocenters. The molecule has 144 valence electrons. The van der Waals surface area contributed by atoms with Crippen LogP contribution in [0.5, 0.6) is 0 Å². The van der Waals surface area contributed by atoms with Crippen molar-refractivity contribution in [2.45, 2.75) is 31.7 Å². The Balaban J connectivity index is 2.25. The lowest BCUT2D eigenvalue weighted by Gasteiger charge is -2.44. The number of carbonyl (C=O) groups excluding carboxylic acids is 2. The number of methoxy groups -OCH3 is 1. The fourth-order valence-electron chi connectivity index (χ4n) is 3.37. The van der Waals surface area contributed by atoms with Crippen molar-refractivity contribution in [1.29, 1.82) is 0 Å². The van der Waals surface area contributed by atoms with Crippen LogP contribution in [-0.2, 0) is 25.6 Å². The lowest BCUT2D eigenvalue weighted by molar-refractivity contribution is -0.183. The van der Waals surface area contributed by atoms with Crippen LogP contribution in [0.3, 0.4) is 0 Å². The summed E-state index contributed by atoms with van der Waals surface area (Å²) in [6.07, 6.45) is 1.02. The number of nitrogens with zero attached hydrogens (tertiary/aromatic N) is 2. The van der Waals surface area contributed by atoms with Gasteiger partial charge in [-0.15, -0.1) is 0 Å². The van der Waals surface area contributed by atoms with E-state index in [2.05, 4.69) is 15.9 Å². The Morgan fingerprint density at radius 2 is 1.92 bits per heavy atom. The van der Waals surface area contributed by atoms with Gasteiger partial charge in [0.05, 0.1) is 20.6 Å². The zero-order valence-corrected chi connectivity index (χ0v) is 17.8. The number of hydrogen-bond acceptors (Lipinski definition) is 5. The Kier molecular flexibility index (Phi) is 7.07. The van der Waals surface area contributed by atoms with Gasteiger partial charge in [-0.2, -0.15) is 5.06 Å². The van der Waals surface area contributed by atoms with E-state index in [1.807, 2.05) is 13.0 Å². The topological polar surface area (TPSA) is 59.1 Å². The molecule has 1 heterocycles. The van der Waals surface area contributed by atoms with Gasteiger partial charge < -0.3 is 14.5 Å². The number of aryl methyl sites for hydroxylation is 1. The molecular weight excluding hydrogens is 424 g/mol. The van der Waals surface area contributed by atoms with Crippen molar-refractivity contribution < 1.29 is 19.2 Å². The zero-order chi connectivity index (χ0) is 19.5. The number of hydrogen-bond donors (Lipinski definition) is 0. The highest BCUT2D eigenvalue weighted by atomic mass is 79.9. The van der Waals surface area contributed by atoms with Crippen molar-refractivity contribution in [3.8, 4) is 0 Å². The van der Waals surface area contributed by atoms with E-state index in [9.17, 15) is 9.59 Å². The first-order valence-electron chi connectivity index (χ1n) is 8.34. The normalized spacial score (nSPS) is 17.0. The van der Waals surface area contributed by atoms with Gasteiger partial charge in [-0.25, -0.2) is 4.79 Å². The maximum atomic E-state index is 13.0. The Labute approximate surface area is 167 Å². The van der Waals surface area contributed by atoms with E-state index in [0.29, 0.717) is 31.0 Å². The zero-order valence-electron chi connectivity index (χ0n) is 15.5. The van der Waals surface area contributed by atoms with Crippen LogP contribution in [-0.4, -0.2) is 61.7 Å². The van der Waals surface area contributed by atoms with Crippen LogP contribution in [0.4, 0.5) is 0 Å². The molecule has 2 rings (SSSR count). The van der Waals surface area contributed by atoms with E-state index in [-0.39, 0.29) is 12.3 Å².